The fourth-order valence-corrected chi connectivity index (χ4v) is 7.80. The molecule has 295 valence electrons. The first-order chi connectivity index (χ1) is 25.5. The fourth-order valence-electron chi connectivity index (χ4n) is 7.01. The molecule has 0 saturated carbocycles. The number of nitrogens with zero attached hydrogens (tertiary/aromatic N) is 1. The molecule has 3 heterocycles. The zero-order valence-corrected chi connectivity index (χ0v) is 38.2. The van der Waals surface area contributed by atoms with Crippen molar-refractivity contribution in [2.75, 3.05) is 0 Å². The van der Waals surface area contributed by atoms with Gasteiger partial charge >= 0.3 is 0 Å². The third kappa shape index (κ3) is 9.36. The Morgan fingerprint density at radius 3 is 2.15 bits per heavy atom. The molecule has 0 unspecified atom stereocenters. The van der Waals surface area contributed by atoms with E-state index in [-0.39, 0.29) is 47.9 Å². The molecule has 1 radical (unpaired) electrons. The number of ketones is 1. The van der Waals surface area contributed by atoms with Gasteiger partial charge in [0.25, 0.3) is 0 Å². The number of thiophene rings is 1. The molecule has 4 nitrogen and oxygen atoms in total. The van der Waals surface area contributed by atoms with Crippen molar-refractivity contribution >= 4 is 49.1 Å². The van der Waals surface area contributed by atoms with Crippen LogP contribution in [0.5, 0.6) is 0 Å². The third-order valence-corrected chi connectivity index (χ3v) is 12.6. The van der Waals surface area contributed by atoms with E-state index >= 15 is 0 Å². The molecular formula is C49H60IrNO3S-. The number of aliphatic hydroxyl groups excluding tert-OH is 1. The molecule has 0 aliphatic rings. The molecular weight excluding hydrogens is 875 g/mol. The van der Waals surface area contributed by atoms with Crippen molar-refractivity contribution in [2.45, 2.75) is 121 Å². The number of benzene rings is 3. The first-order valence-electron chi connectivity index (χ1n) is 19.8. The van der Waals surface area contributed by atoms with Gasteiger partial charge in [0.15, 0.2) is 5.78 Å². The largest absolute Gasteiger partial charge is 0.512 e. The predicted octanol–water partition coefficient (Wildman–Crippen LogP) is 14.8. The summed E-state index contributed by atoms with van der Waals surface area (Å²) in [4.78, 5) is 18.3. The van der Waals surface area contributed by atoms with E-state index in [9.17, 15) is 9.90 Å². The van der Waals surface area contributed by atoms with Crippen molar-refractivity contribution in [1.82, 2.24) is 4.98 Å². The Morgan fingerprint density at radius 1 is 0.873 bits per heavy atom. The van der Waals surface area contributed by atoms with Crippen LogP contribution in [0.4, 0.5) is 0 Å². The summed E-state index contributed by atoms with van der Waals surface area (Å²) in [6.07, 6.45) is 5.71. The van der Waals surface area contributed by atoms with Crippen molar-refractivity contribution in [3.63, 3.8) is 0 Å². The van der Waals surface area contributed by atoms with Crippen molar-refractivity contribution < 1.29 is 34.4 Å². The molecule has 6 heteroatoms. The topological polar surface area (TPSA) is 63.3 Å². The molecule has 0 spiro atoms. The molecule has 6 aromatic rings. The van der Waals surface area contributed by atoms with Crippen molar-refractivity contribution in [2.24, 2.45) is 16.7 Å². The van der Waals surface area contributed by atoms with Gasteiger partial charge in [0.1, 0.15) is 21.9 Å². The maximum absolute atomic E-state index is 12.2. The Kier molecular flexibility index (Phi) is 14.2. The van der Waals surface area contributed by atoms with E-state index in [0.717, 1.165) is 70.5 Å². The van der Waals surface area contributed by atoms with Crippen LogP contribution in [0.25, 0.3) is 54.3 Å². The summed E-state index contributed by atoms with van der Waals surface area (Å²) in [6.45, 7) is 25.5. The predicted molar refractivity (Wildman–Crippen MR) is 232 cm³/mol. The standard InChI is InChI=1S/C34H32NOS.C15H28O2.Ir/c1-20(2)15-31-21(3)25-12-11-23(18-32(25)36-31)28-19-30(35-33-27(28)13-14-37-33)24-16-22-9-7-8-10-26(22)29(17-24)34(4,5)6;1-7-14(5,8-2)12(16)11-13(17)15(6,9-3)10-4;/h7-14,17-20H,15H2,1-6H3;11,16H,7-10H2,1-6H3;/q-1;;/b;12-11-;. The maximum atomic E-state index is 12.2. The maximum Gasteiger partial charge on any atom is 0.164 e. The van der Waals surface area contributed by atoms with Gasteiger partial charge in [-0.3, -0.25) is 9.78 Å². The van der Waals surface area contributed by atoms with Gasteiger partial charge in [0.2, 0.25) is 0 Å². The molecule has 0 aliphatic heterocycles. The molecule has 0 atom stereocenters. The van der Waals surface area contributed by atoms with Crippen LogP contribution in [0.15, 0.2) is 82.3 Å². The van der Waals surface area contributed by atoms with Crippen LogP contribution in [0.2, 0.25) is 0 Å². The van der Waals surface area contributed by atoms with E-state index in [2.05, 4.69) is 114 Å². The van der Waals surface area contributed by atoms with Crippen LogP contribution in [0, 0.1) is 29.7 Å². The number of aliphatic hydroxyl groups is 1. The van der Waals surface area contributed by atoms with Gasteiger partial charge in [0, 0.05) is 59.9 Å². The minimum absolute atomic E-state index is 0. The van der Waals surface area contributed by atoms with Crippen LogP contribution in [0.1, 0.15) is 119 Å². The van der Waals surface area contributed by atoms with Crippen molar-refractivity contribution in [1.29, 1.82) is 0 Å². The summed E-state index contributed by atoms with van der Waals surface area (Å²) in [6, 6.07) is 25.6. The van der Waals surface area contributed by atoms with Crippen LogP contribution >= 0.6 is 11.3 Å². The number of aromatic nitrogens is 1. The van der Waals surface area contributed by atoms with E-state index in [0.29, 0.717) is 5.92 Å². The molecule has 3 aromatic carbocycles. The van der Waals surface area contributed by atoms with Crippen molar-refractivity contribution in [3.8, 4) is 22.4 Å². The van der Waals surface area contributed by atoms with E-state index in [1.807, 2.05) is 41.5 Å². The van der Waals surface area contributed by atoms with Gasteiger partial charge < -0.3 is 9.52 Å². The minimum atomic E-state index is -0.337. The second kappa shape index (κ2) is 17.7. The second-order valence-electron chi connectivity index (χ2n) is 17.0. The molecule has 0 bridgehead atoms. The molecule has 1 N–H and O–H groups in total. The number of hydrogen-bond acceptors (Lipinski definition) is 5. The number of carbonyl (C=O) groups is 1. The molecule has 55 heavy (non-hydrogen) atoms. The average Bonchev–Trinajstić information content (AvgIpc) is 3.76. The second-order valence-corrected chi connectivity index (χ2v) is 17.9. The molecule has 0 saturated heterocycles. The smallest absolute Gasteiger partial charge is 0.164 e. The first kappa shape index (κ1) is 44.1. The zero-order valence-electron chi connectivity index (χ0n) is 35.0. The Bertz CT molecular complexity index is 2290. The molecule has 0 fully saturated rings. The SMILES string of the molecule is CCC(C)(CC)C(=O)/C=C(\O)C(C)(CC)CC.Cc1c(CC(C)C)oc2cc(-c3cc(-c4[c-]c5ccccc5c(C(C)(C)C)c4)nc4sccc34)ccc12.[Ir]. The number of rotatable bonds is 11. The summed E-state index contributed by atoms with van der Waals surface area (Å²) < 4.78 is 6.36. The number of fused-ring (bicyclic) bond motifs is 3. The monoisotopic (exact) mass is 935 g/mol. The van der Waals surface area contributed by atoms with Gasteiger partial charge in [-0.15, -0.1) is 40.5 Å². The minimum Gasteiger partial charge on any atom is -0.512 e. The van der Waals surface area contributed by atoms with Crippen LogP contribution in [0.3, 0.4) is 0 Å². The number of pyridine rings is 1. The Labute approximate surface area is 347 Å². The summed E-state index contributed by atoms with van der Waals surface area (Å²) >= 11 is 1.69. The quantitative estimate of drug-likeness (QED) is 0.0799. The fraction of sp³-hybridized carbons (Fsp3) is 0.429. The number of furan rings is 1. The van der Waals surface area contributed by atoms with Crippen LogP contribution < -0.4 is 0 Å². The van der Waals surface area contributed by atoms with E-state index in [4.69, 9.17) is 9.40 Å². The normalized spacial score (nSPS) is 12.6. The Balaban J connectivity index is 0.000000320. The number of hydrogen-bond donors (Lipinski definition) is 1. The summed E-state index contributed by atoms with van der Waals surface area (Å²) in [5, 5.41) is 17.0. The van der Waals surface area contributed by atoms with E-state index in [1.54, 1.807) is 11.3 Å². The number of aryl methyl sites for hydroxylation is 1. The number of allylic oxidation sites excluding steroid dienone is 2. The van der Waals surface area contributed by atoms with Gasteiger partial charge in [-0.05, 0) is 78.1 Å². The Hall–Kier alpha value is -3.57. The summed E-state index contributed by atoms with van der Waals surface area (Å²) in [7, 11) is 0. The average molecular weight is 935 g/mol. The summed E-state index contributed by atoms with van der Waals surface area (Å²) in [5.41, 5.74) is 7.27. The molecule has 3 aromatic heterocycles. The van der Waals surface area contributed by atoms with Crippen LogP contribution in [-0.4, -0.2) is 15.9 Å². The molecule has 0 amide bonds. The van der Waals surface area contributed by atoms with E-state index in [1.165, 1.54) is 38.9 Å². The summed E-state index contributed by atoms with van der Waals surface area (Å²) in [5.74, 6) is 1.94. The van der Waals surface area contributed by atoms with Gasteiger partial charge in [-0.25, -0.2) is 0 Å². The molecule has 0 aliphatic carbocycles. The first-order valence-corrected chi connectivity index (χ1v) is 20.7. The third-order valence-electron chi connectivity index (χ3n) is 11.8. The zero-order chi connectivity index (χ0) is 39.6. The van der Waals surface area contributed by atoms with Gasteiger partial charge in [-0.2, -0.15) is 0 Å². The van der Waals surface area contributed by atoms with Crippen LogP contribution in [-0.2, 0) is 36.7 Å². The van der Waals surface area contributed by atoms with Gasteiger partial charge in [0.05, 0.1) is 0 Å². The Morgan fingerprint density at radius 2 is 1.53 bits per heavy atom. The van der Waals surface area contributed by atoms with Gasteiger partial charge in [-0.1, -0.05) is 124 Å². The van der Waals surface area contributed by atoms with E-state index < -0.39 is 0 Å². The molecule has 6 rings (SSSR count). The van der Waals surface area contributed by atoms with Crippen molar-refractivity contribution in [3.05, 3.63) is 101 Å². The number of carbonyl (C=O) groups excluding carboxylic acids is 1.